The average Bonchev–Trinajstić information content (AvgIpc) is 3.22. The van der Waals surface area contributed by atoms with Crippen molar-refractivity contribution < 1.29 is 23.9 Å². The number of nitrogens with one attached hydrogen (secondary N) is 2. The second-order valence-electron chi connectivity index (χ2n) is 9.13. The van der Waals surface area contributed by atoms with E-state index < -0.39 is 17.5 Å². The van der Waals surface area contributed by atoms with Crippen molar-refractivity contribution in [3.05, 3.63) is 83.9 Å². The summed E-state index contributed by atoms with van der Waals surface area (Å²) >= 11 is 0. The molecule has 0 aromatic heterocycles. The lowest BCUT2D eigenvalue weighted by atomic mass is 9.98. The predicted molar refractivity (Wildman–Crippen MR) is 139 cm³/mol. The summed E-state index contributed by atoms with van der Waals surface area (Å²) < 4.78 is 5.20. The number of carbonyl (C=O) groups excluding carboxylic acids is 4. The van der Waals surface area contributed by atoms with E-state index in [1.807, 2.05) is 0 Å². The lowest BCUT2D eigenvalue weighted by Crippen LogP contribution is -2.63. The third kappa shape index (κ3) is 4.29. The molecule has 2 aliphatic heterocycles. The van der Waals surface area contributed by atoms with Gasteiger partial charge in [-0.25, -0.2) is 0 Å². The molecule has 9 heteroatoms. The number of anilines is 3. The highest BCUT2D eigenvalue weighted by Gasteiger charge is 2.53. The molecule has 0 aliphatic carbocycles. The van der Waals surface area contributed by atoms with E-state index in [4.69, 9.17) is 4.74 Å². The Balaban J connectivity index is 1.37. The molecule has 37 heavy (non-hydrogen) atoms. The van der Waals surface area contributed by atoms with Crippen molar-refractivity contribution in [1.29, 1.82) is 0 Å². The summed E-state index contributed by atoms with van der Waals surface area (Å²) in [6.07, 6.45) is 0.697. The zero-order valence-electron chi connectivity index (χ0n) is 20.5. The third-order valence-corrected chi connectivity index (χ3v) is 6.82. The van der Waals surface area contributed by atoms with Gasteiger partial charge >= 0.3 is 0 Å². The van der Waals surface area contributed by atoms with E-state index in [1.54, 1.807) is 91.7 Å². The molecule has 0 bridgehead atoms. The van der Waals surface area contributed by atoms with Crippen molar-refractivity contribution in [1.82, 2.24) is 4.90 Å². The number of hydrogen-bond acceptors (Lipinski definition) is 5. The van der Waals surface area contributed by atoms with Gasteiger partial charge in [0, 0.05) is 18.2 Å². The molecule has 1 unspecified atom stereocenters. The first-order valence-electron chi connectivity index (χ1n) is 11.9. The van der Waals surface area contributed by atoms with Gasteiger partial charge in [-0.2, -0.15) is 0 Å². The van der Waals surface area contributed by atoms with Crippen LogP contribution >= 0.6 is 0 Å². The standard InChI is InChI=1S/C28H26N4O5/c1-28-15-14-25(34)32(28)23-13-6-4-11-21(23)27(36)31(28)17-24(33)30-22-12-5-3-10-20(22)26(35)29-18-8-7-9-19(16-18)37-2/h3-13,16H,14-15,17H2,1-2H3,(H,29,35)(H,30,33). The fourth-order valence-corrected chi connectivity index (χ4v) is 4.96. The van der Waals surface area contributed by atoms with E-state index in [0.717, 1.165) is 0 Å². The van der Waals surface area contributed by atoms with Gasteiger partial charge in [-0.05, 0) is 49.7 Å². The Morgan fingerprint density at radius 1 is 0.973 bits per heavy atom. The minimum Gasteiger partial charge on any atom is -0.497 e. The molecule has 9 nitrogen and oxygen atoms in total. The largest absolute Gasteiger partial charge is 0.497 e. The van der Waals surface area contributed by atoms with E-state index >= 15 is 0 Å². The second-order valence-corrected chi connectivity index (χ2v) is 9.13. The molecular formula is C28H26N4O5. The Morgan fingerprint density at radius 2 is 1.73 bits per heavy atom. The number of ether oxygens (including phenoxy) is 1. The van der Waals surface area contributed by atoms with Crippen LogP contribution in [-0.4, -0.2) is 47.8 Å². The minimum atomic E-state index is -0.955. The predicted octanol–water partition coefficient (Wildman–Crippen LogP) is 3.89. The van der Waals surface area contributed by atoms with Crippen molar-refractivity contribution in [2.24, 2.45) is 0 Å². The van der Waals surface area contributed by atoms with Crippen LogP contribution in [0.1, 0.15) is 40.5 Å². The average molecular weight is 499 g/mol. The Kier molecular flexibility index (Phi) is 6.12. The number of benzene rings is 3. The zero-order chi connectivity index (χ0) is 26.2. The third-order valence-electron chi connectivity index (χ3n) is 6.82. The molecule has 1 fully saturated rings. The van der Waals surface area contributed by atoms with Crippen molar-refractivity contribution >= 4 is 40.7 Å². The Bertz CT molecular complexity index is 1420. The fraction of sp³-hybridized carbons (Fsp3) is 0.214. The van der Waals surface area contributed by atoms with Crippen molar-refractivity contribution in [3.8, 4) is 5.75 Å². The molecule has 188 valence electrons. The maximum atomic E-state index is 13.4. The van der Waals surface area contributed by atoms with Gasteiger partial charge in [0.2, 0.25) is 11.8 Å². The lowest BCUT2D eigenvalue weighted by Gasteiger charge is -2.48. The van der Waals surface area contributed by atoms with Crippen molar-refractivity contribution in [2.45, 2.75) is 25.4 Å². The first-order valence-corrected chi connectivity index (χ1v) is 11.9. The van der Waals surface area contributed by atoms with Crippen LogP contribution in [0.4, 0.5) is 17.1 Å². The molecule has 4 amide bonds. The number of amides is 4. The van der Waals surface area contributed by atoms with Crippen LogP contribution < -0.4 is 20.3 Å². The molecule has 3 aromatic rings. The first kappa shape index (κ1) is 24.1. The van der Waals surface area contributed by atoms with Gasteiger partial charge in [-0.15, -0.1) is 0 Å². The van der Waals surface area contributed by atoms with Gasteiger partial charge in [0.15, 0.2) is 0 Å². The highest BCUT2D eigenvalue weighted by molar-refractivity contribution is 6.13. The number of nitrogens with zero attached hydrogens (tertiary/aromatic N) is 2. The molecule has 2 heterocycles. The van der Waals surface area contributed by atoms with E-state index in [0.29, 0.717) is 34.8 Å². The fourth-order valence-electron chi connectivity index (χ4n) is 4.96. The number of rotatable bonds is 6. The van der Waals surface area contributed by atoms with Gasteiger partial charge in [0.05, 0.1) is 29.6 Å². The van der Waals surface area contributed by atoms with Crippen molar-refractivity contribution in [2.75, 3.05) is 29.2 Å². The van der Waals surface area contributed by atoms with E-state index in [-0.39, 0.29) is 30.3 Å². The molecule has 1 saturated heterocycles. The molecule has 2 aliphatic rings. The Hall–Kier alpha value is -4.66. The zero-order valence-corrected chi connectivity index (χ0v) is 20.5. The normalized spacial score (nSPS) is 18.2. The van der Waals surface area contributed by atoms with E-state index in [9.17, 15) is 19.2 Å². The van der Waals surface area contributed by atoms with Crippen LogP contribution in [0.2, 0.25) is 0 Å². The first-order chi connectivity index (χ1) is 17.8. The van der Waals surface area contributed by atoms with Crippen LogP contribution in [0.3, 0.4) is 0 Å². The topological polar surface area (TPSA) is 108 Å². The highest BCUT2D eigenvalue weighted by Crippen LogP contribution is 2.43. The van der Waals surface area contributed by atoms with E-state index in [2.05, 4.69) is 10.6 Å². The summed E-state index contributed by atoms with van der Waals surface area (Å²) in [5.41, 5.74) is 1.10. The monoisotopic (exact) mass is 498 g/mol. The molecule has 1 atom stereocenters. The maximum absolute atomic E-state index is 13.4. The van der Waals surface area contributed by atoms with Crippen LogP contribution in [0.5, 0.6) is 5.75 Å². The lowest BCUT2D eigenvalue weighted by molar-refractivity contribution is -0.120. The Labute approximate surface area is 214 Å². The van der Waals surface area contributed by atoms with Gasteiger partial charge in [0.25, 0.3) is 11.8 Å². The minimum absolute atomic E-state index is 0.0904. The van der Waals surface area contributed by atoms with Gasteiger partial charge in [0.1, 0.15) is 18.0 Å². The second kappa shape index (κ2) is 9.42. The molecule has 0 saturated carbocycles. The number of para-hydroxylation sites is 2. The summed E-state index contributed by atoms with van der Waals surface area (Å²) in [7, 11) is 1.54. The molecular weight excluding hydrogens is 472 g/mol. The van der Waals surface area contributed by atoms with Crippen LogP contribution in [0.15, 0.2) is 72.8 Å². The molecule has 2 N–H and O–H groups in total. The number of hydrogen-bond donors (Lipinski definition) is 2. The van der Waals surface area contributed by atoms with Crippen LogP contribution in [0, 0.1) is 0 Å². The summed E-state index contributed by atoms with van der Waals surface area (Å²) in [4.78, 5) is 55.5. The summed E-state index contributed by atoms with van der Waals surface area (Å²) in [5.74, 6) is -0.697. The molecule has 0 radical (unpaired) electrons. The highest BCUT2D eigenvalue weighted by atomic mass is 16.5. The quantitative estimate of drug-likeness (QED) is 0.536. The smallest absolute Gasteiger partial charge is 0.258 e. The Morgan fingerprint density at radius 3 is 2.54 bits per heavy atom. The summed E-state index contributed by atoms with van der Waals surface area (Å²) in [6.45, 7) is 1.52. The van der Waals surface area contributed by atoms with Gasteiger partial charge in [-0.1, -0.05) is 30.3 Å². The van der Waals surface area contributed by atoms with Gasteiger partial charge in [-0.3, -0.25) is 24.1 Å². The molecule has 5 rings (SSSR count). The van der Waals surface area contributed by atoms with Crippen molar-refractivity contribution in [3.63, 3.8) is 0 Å². The number of methoxy groups -OCH3 is 1. The molecule has 3 aromatic carbocycles. The number of carbonyl (C=O) groups is 4. The summed E-state index contributed by atoms with van der Waals surface area (Å²) in [6, 6.07) is 20.5. The van der Waals surface area contributed by atoms with Crippen LogP contribution in [-0.2, 0) is 9.59 Å². The van der Waals surface area contributed by atoms with E-state index in [1.165, 1.54) is 4.90 Å². The summed E-state index contributed by atoms with van der Waals surface area (Å²) in [5, 5.41) is 5.59. The molecule has 0 spiro atoms. The SMILES string of the molecule is COc1cccc(NC(=O)c2ccccc2NC(=O)CN2C(=O)c3ccccc3N3C(=O)CCC23C)c1. The number of fused-ring (bicyclic) bond motifs is 3. The maximum Gasteiger partial charge on any atom is 0.258 e. The van der Waals surface area contributed by atoms with Gasteiger partial charge < -0.3 is 20.3 Å². The van der Waals surface area contributed by atoms with Crippen LogP contribution in [0.25, 0.3) is 0 Å².